The first-order chi connectivity index (χ1) is 13.2. The number of hydrogen-bond donors (Lipinski definition) is 1. The predicted octanol–water partition coefficient (Wildman–Crippen LogP) is 4.28. The summed E-state index contributed by atoms with van der Waals surface area (Å²) in [6, 6.07) is 16.8. The number of aliphatic hydroxyl groups excluding tert-OH is 1. The first kappa shape index (κ1) is 20.1. The molecule has 0 aromatic heterocycles. The highest BCUT2D eigenvalue weighted by molar-refractivity contribution is 5.26. The van der Waals surface area contributed by atoms with Gasteiger partial charge in [-0.05, 0) is 29.8 Å². The van der Waals surface area contributed by atoms with Crippen LogP contribution in [0.2, 0.25) is 0 Å². The molecule has 27 heavy (non-hydrogen) atoms. The fourth-order valence-electron chi connectivity index (χ4n) is 2.31. The Morgan fingerprint density at radius 1 is 1.04 bits per heavy atom. The highest BCUT2D eigenvalue weighted by Gasteiger charge is 2.27. The summed E-state index contributed by atoms with van der Waals surface area (Å²) in [5.41, 5.74) is 0.928. The number of ether oxygens (including phenoxy) is 4. The third-order valence-corrected chi connectivity index (χ3v) is 3.81. The van der Waals surface area contributed by atoms with Crippen LogP contribution in [0.3, 0.4) is 0 Å². The standard InChI is InChI=1S/C20H22N2O5/c1-24-16-10-8-15(9-11-16)13-26-18(12-19(22-21)20(23)25-2)14-27-17-6-4-3-5-7-17/h3-11,18H,12-14H2,1-2H3/p+1/b20-19+. The van der Waals surface area contributed by atoms with Gasteiger partial charge in [0.2, 0.25) is 5.39 Å². The number of aliphatic hydroxyl groups is 1. The minimum Gasteiger partial charge on any atom is -0.497 e. The fraction of sp³-hybridized carbons (Fsp3) is 0.300. The maximum Gasteiger partial charge on any atom is 0.443 e. The number of benzene rings is 2. The van der Waals surface area contributed by atoms with E-state index >= 15 is 0 Å². The highest BCUT2D eigenvalue weighted by atomic mass is 16.6. The molecule has 2 aromatic rings. The first-order valence-corrected chi connectivity index (χ1v) is 8.39. The van der Waals surface area contributed by atoms with E-state index in [0.717, 1.165) is 11.3 Å². The second-order valence-corrected chi connectivity index (χ2v) is 5.67. The van der Waals surface area contributed by atoms with Crippen LogP contribution in [0.15, 0.2) is 66.2 Å². The summed E-state index contributed by atoms with van der Waals surface area (Å²) in [6.45, 7) is 0.523. The molecule has 0 aliphatic heterocycles. The van der Waals surface area contributed by atoms with Gasteiger partial charge < -0.3 is 24.1 Å². The van der Waals surface area contributed by atoms with E-state index in [0.29, 0.717) is 12.4 Å². The summed E-state index contributed by atoms with van der Waals surface area (Å²) in [5.74, 6) is 0.991. The Hall–Kier alpha value is -3.24. The number of diazo groups is 1. The highest BCUT2D eigenvalue weighted by Crippen LogP contribution is 2.19. The zero-order valence-electron chi connectivity index (χ0n) is 15.4. The van der Waals surface area contributed by atoms with E-state index in [1.807, 2.05) is 54.6 Å². The second-order valence-electron chi connectivity index (χ2n) is 5.67. The van der Waals surface area contributed by atoms with Crippen molar-refractivity contribution in [3.05, 3.63) is 76.8 Å². The molecule has 1 unspecified atom stereocenters. The van der Waals surface area contributed by atoms with Crippen LogP contribution in [0.1, 0.15) is 12.0 Å². The molecule has 0 aliphatic carbocycles. The third-order valence-electron chi connectivity index (χ3n) is 3.81. The van der Waals surface area contributed by atoms with E-state index in [-0.39, 0.29) is 18.7 Å². The van der Waals surface area contributed by atoms with Crippen molar-refractivity contribution < 1.29 is 24.1 Å². The molecule has 0 spiro atoms. The van der Waals surface area contributed by atoms with Crippen LogP contribution in [0.4, 0.5) is 0 Å². The largest absolute Gasteiger partial charge is 0.497 e. The van der Waals surface area contributed by atoms with Crippen molar-refractivity contribution in [1.82, 2.24) is 0 Å². The molecule has 0 heterocycles. The van der Waals surface area contributed by atoms with Gasteiger partial charge in [-0.1, -0.05) is 30.3 Å². The number of para-hydroxylation sites is 1. The van der Waals surface area contributed by atoms with Gasteiger partial charge >= 0.3 is 11.6 Å². The average Bonchev–Trinajstić information content (AvgIpc) is 2.73. The van der Waals surface area contributed by atoms with E-state index in [9.17, 15) is 5.11 Å². The van der Waals surface area contributed by atoms with Gasteiger partial charge in [-0.3, -0.25) is 0 Å². The molecule has 2 aromatic carbocycles. The summed E-state index contributed by atoms with van der Waals surface area (Å²) in [4.78, 5) is 3.08. The van der Waals surface area contributed by atoms with Crippen LogP contribution in [-0.2, 0) is 16.1 Å². The monoisotopic (exact) mass is 371 g/mol. The molecule has 7 nitrogen and oxygen atoms in total. The van der Waals surface area contributed by atoms with Crippen molar-refractivity contribution in [3.63, 3.8) is 0 Å². The molecule has 0 radical (unpaired) electrons. The molecule has 0 bridgehead atoms. The molecule has 142 valence electrons. The molecular formula is C20H23N2O5+. The smallest absolute Gasteiger partial charge is 0.443 e. The van der Waals surface area contributed by atoms with E-state index in [1.165, 1.54) is 7.11 Å². The molecule has 7 heteroatoms. The number of methoxy groups -OCH3 is 2. The lowest BCUT2D eigenvalue weighted by molar-refractivity contribution is 0.00826. The topological polar surface area (TPSA) is 85.3 Å². The molecular weight excluding hydrogens is 348 g/mol. The molecule has 1 N–H and O–H groups in total. The number of rotatable bonds is 10. The van der Waals surface area contributed by atoms with Crippen molar-refractivity contribution in [2.24, 2.45) is 0 Å². The summed E-state index contributed by atoms with van der Waals surface area (Å²) < 4.78 is 21.5. The van der Waals surface area contributed by atoms with E-state index in [2.05, 4.69) is 4.98 Å². The van der Waals surface area contributed by atoms with Crippen molar-refractivity contribution in [2.45, 2.75) is 19.1 Å². The lowest BCUT2D eigenvalue weighted by Crippen LogP contribution is -2.22. The normalized spacial score (nSPS) is 12.5. The predicted molar refractivity (Wildman–Crippen MR) is 99.9 cm³/mol. The molecule has 1 atom stereocenters. The molecule has 0 aliphatic rings. The molecule has 0 amide bonds. The Morgan fingerprint density at radius 2 is 1.74 bits per heavy atom. The van der Waals surface area contributed by atoms with Gasteiger partial charge in [0.1, 0.15) is 24.2 Å². The first-order valence-electron chi connectivity index (χ1n) is 8.39. The minimum atomic E-state index is -0.476. The van der Waals surface area contributed by atoms with Gasteiger partial charge in [0.25, 0.3) is 0 Å². The summed E-state index contributed by atoms with van der Waals surface area (Å²) in [7, 11) is 2.89. The van der Waals surface area contributed by atoms with Crippen LogP contribution < -0.4 is 9.47 Å². The molecule has 0 saturated carbocycles. The van der Waals surface area contributed by atoms with E-state index in [1.54, 1.807) is 7.11 Å². The summed E-state index contributed by atoms with van der Waals surface area (Å²) in [6.07, 6.45) is -0.366. The zero-order chi connectivity index (χ0) is 19.5. The maximum atomic E-state index is 9.69. The van der Waals surface area contributed by atoms with E-state index in [4.69, 9.17) is 24.3 Å². The second kappa shape index (κ2) is 10.7. The Balaban J connectivity index is 2.04. The van der Waals surface area contributed by atoms with Crippen LogP contribution in [0.5, 0.6) is 11.5 Å². The van der Waals surface area contributed by atoms with Crippen molar-refractivity contribution >= 4 is 0 Å². The quantitative estimate of drug-likeness (QED) is 0.496. The molecule has 2 rings (SSSR count). The van der Waals surface area contributed by atoms with Crippen molar-refractivity contribution in [3.8, 4) is 11.5 Å². The maximum absolute atomic E-state index is 9.69. The SMILES string of the molecule is CO/C(O)=C(\CC(COc1ccccc1)OCc1ccc(OC)cc1)[N+]#N. The van der Waals surface area contributed by atoms with Crippen LogP contribution >= 0.6 is 0 Å². The van der Waals surface area contributed by atoms with Gasteiger partial charge in [0, 0.05) is 0 Å². The van der Waals surface area contributed by atoms with Gasteiger partial charge in [-0.15, -0.1) is 0 Å². The summed E-state index contributed by atoms with van der Waals surface area (Å²) >= 11 is 0. The number of nitrogens with zero attached hydrogens (tertiary/aromatic N) is 2. The van der Waals surface area contributed by atoms with Crippen LogP contribution in [-0.4, -0.2) is 32.0 Å². The van der Waals surface area contributed by atoms with Crippen LogP contribution in [0, 0.1) is 5.39 Å². The lowest BCUT2D eigenvalue weighted by Gasteiger charge is -2.16. The zero-order valence-corrected chi connectivity index (χ0v) is 15.4. The van der Waals surface area contributed by atoms with Crippen LogP contribution in [0.25, 0.3) is 4.98 Å². The number of hydrogen-bond acceptors (Lipinski definition) is 6. The lowest BCUT2D eigenvalue weighted by atomic mass is 10.2. The average molecular weight is 371 g/mol. The Morgan fingerprint density at radius 3 is 2.33 bits per heavy atom. The van der Waals surface area contributed by atoms with Crippen molar-refractivity contribution in [1.29, 1.82) is 5.39 Å². The minimum absolute atomic E-state index is 0.0195. The van der Waals surface area contributed by atoms with Gasteiger partial charge in [-0.25, -0.2) is 0 Å². The van der Waals surface area contributed by atoms with Gasteiger partial charge in [-0.2, -0.15) is 0 Å². The Kier molecular flexibility index (Phi) is 7.94. The van der Waals surface area contributed by atoms with E-state index < -0.39 is 12.0 Å². The Labute approximate surface area is 158 Å². The van der Waals surface area contributed by atoms with Gasteiger partial charge in [0.05, 0.1) is 27.2 Å². The third kappa shape index (κ3) is 6.53. The fourth-order valence-corrected chi connectivity index (χ4v) is 2.31. The van der Waals surface area contributed by atoms with Crippen molar-refractivity contribution in [2.75, 3.05) is 20.8 Å². The van der Waals surface area contributed by atoms with Gasteiger partial charge in [0.15, 0.2) is 4.98 Å². The molecule has 0 fully saturated rings. The summed E-state index contributed by atoms with van der Waals surface area (Å²) in [5, 5.41) is 18.8. The Bertz CT molecular complexity index is 769. The molecule has 0 saturated heterocycles.